The molecule has 0 radical (unpaired) electrons. The summed E-state index contributed by atoms with van der Waals surface area (Å²) in [5.74, 6) is 0. The second-order valence-electron chi connectivity index (χ2n) is 7.76. The maximum absolute atomic E-state index is 5.77. The van der Waals surface area contributed by atoms with Crippen LogP contribution >= 0.6 is 0 Å². The maximum atomic E-state index is 5.77. The van der Waals surface area contributed by atoms with Gasteiger partial charge in [0.05, 0.1) is 24.4 Å². The van der Waals surface area contributed by atoms with E-state index < -0.39 is 0 Å². The first-order valence-corrected chi connectivity index (χ1v) is 10.7. The summed E-state index contributed by atoms with van der Waals surface area (Å²) >= 11 is 0. The molecule has 2 heterocycles. The van der Waals surface area contributed by atoms with E-state index in [0.29, 0.717) is 24.4 Å². The number of rotatable bonds is 16. The number of ether oxygens (including phenoxy) is 2. The van der Waals surface area contributed by atoms with Gasteiger partial charge in [-0.2, -0.15) is 0 Å². The molecule has 2 saturated heterocycles. The highest BCUT2D eigenvalue weighted by Gasteiger charge is 2.37. The van der Waals surface area contributed by atoms with Gasteiger partial charge in [0.1, 0.15) is 0 Å². The van der Waals surface area contributed by atoms with Gasteiger partial charge >= 0.3 is 0 Å². The monoisotopic (exact) mass is 324 g/mol. The summed E-state index contributed by atoms with van der Waals surface area (Å²) < 4.78 is 11.5. The lowest BCUT2D eigenvalue weighted by Gasteiger charge is -2.00. The minimum absolute atomic E-state index is 0.621. The first-order valence-electron chi connectivity index (χ1n) is 10.7. The van der Waals surface area contributed by atoms with E-state index in [4.69, 9.17) is 9.47 Å². The highest BCUT2D eigenvalue weighted by atomic mass is 16.6. The van der Waals surface area contributed by atoms with Crippen LogP contribution < -0.4 is 0 Å². The average molecular weight is 325 g/mol. The van der Waals surface area contributed by atoms with Gasteiger partial charge in [0, 0.05) is 0 Å². The summed E-state index contributed by atoms with van der Waals surface area (Å²) in [7, 11) is 0. The van der Waals surface area contributed by atoms with E-state index in [1.165, 1.54) is 96.3 Å². The molecule has 2 aliphatic heterocycles. The van der Waals surface area contributed by atoms with Crippen LogP contribution in [0.15, 0.2) is 0 Å². The zero-order valence-corrected chi connectivity index (χ0v) is 15.7. The molecule has 2 rings (SSSR count). The Morgan fingerprint density at radius 2 is 0.739 bits per heavy atom. The third-order valence-corrected chi connectivity index (χ3v) is 5.54. The Balaban J connectivity index is 1.29. The van der Waals surface area contributed by atoms with Gasteiger partial charge in [-0.05, 0) is 25.7 Å². The molecule has 0 aromatic rings. The molecule has 0 N–H and O–H groups in total. The van der Waals surface area contributed by atoms with Gasteiger partial charge in [-0.15, -0.1) is 0 Å². The standard InChI is InChI=1S/C21H40O2/c1-3-5-10-14-18-20(22-18)16-12-8-7-9-13-17-21-19(23-21)15-11-6-4-2/h18-21H,3-17H2,1-2H3. The molecule has 2 heteroatoms. The molecule has 0 amide bonds. The van der Waals surface area contributed by atoms with E-state index in [0.717, 1.165) is 0 Å². The molecule has 0 bridgehead atoms. The third kappa shape index (κ3) is 8.54. The molecule has 2 fully saturated rings. The zero-order chi connectivity index (χ0) is 16.3. The SMILES string of the molecule is CCCCCC1OC1CCCCCCCC1OC1CCCCC. The molecular formula is C21H40O2. The highest BCUT2D eigenvalue weighted by Crippen LogP contribution is 2.33. The van der Waals surface area contributed by atoms with Crippen LogP contribution in [0, 0.1) is 0 Å². The van der Waals surface area contributed by atoms with E-state index >= 15 is 0 Å². The van der Waals surface area contributed by atoms with E-state index in [1.807, 2.05) is 0 Å². The molecular weight excluding hydrogens is 284 g/mol. The molecule has 2 nitrogen and oxygen atoms in total. The lowest BCUT2D eigenvalue weighted by atomic mass is 10.0. The molecule has 2 aliphatic rings. The van der Waals surface area contributed by atoms with Crippen LogP contribution in [0.2, 0.25) is 0 Å². The highest BCUT2D eigenvalue weighted by molar-refractivity contribution is 4.85. The Morgan fingerprint density at radius 3 is 1.09 bits per heavy atom. The van der Waals surface area contributed by atoms with Crippen molar-refractivity contribution in [2.45, 2.75) is 135 Å². The van der Waals surface area contributed by atoms with Gasteiger partial charge in [0.15, 0.2) is 0 Å². The summed E-state index contributed by atoms with van der Waals surface area (Å²) in [4.78, 5) is 0. The summed E-state index contributed by atoms with van der Waals surface area (Å²) in [6.45, 7) is 4.54. The van der Waals surface area contributed by atoms with Crippen LogP contribution in [0.25, 0.3) is 0 Å². The van der Waals surface area contributed by atoms with Gasteiger partial charge in [-0.3, -0.25) is 0 Å². The second kappa shape index (κ2) is 11.5. The Bertz CT molecular complexity index is 264. The number of epoxide rings is 2. The summed E-state index contributed by atoms with van der Waals surface area (Å²) in [5, 5.41) is 0. The number of unbranched alkanes of at least 4 members (excludes halogenated alkanes) is 8. The van der Waals surface area contributed by atoms with Crippen molar-refractivity contribution < 1.29 is 9.47 Å². The first-order chi connectivity index (χ1) is 11.3. The van der Waals surface area contributed by atoms with Crippen molar-refractivity contribution in [1.82, 2.24) is 0 Å². The summed E-state index contributed by atoms with van der Waals surface area (Å²) in [6, 6.07) is 0. The fourth-order valence-corrected chi connectivity index (χ4v) is 3.79. The Hall–Kier alpha value is -0.0800. The molecule has 0 aliphatic carbocycles. The van der Waals surface area contributed by atoms with E-state index in [1.54, 1.807) is 0 Å². The molecule has 0 aromatic heterocycles. The molecule has 136 valence electrons. The van der Waals surface area contributed by atoms with Crippen LogP contribution in [0.5, 0.6) is 0 Å². The molecule has 0 saturated carbocycles. The van der Waals surface area contributed by atoms with Gasteiger partial charge in [-0.1, -0.05) is 84.5 Å². The molecule has 23 heavy (non-hydrogen) atoms. The quantitative estimate of drug-likeness (QED) is 0.242. The van der Waals surface area contributed by atoms with Crippen LogP contribution in [-0.2, 0) is 9.47 Å². The molecule has 0 spiro atoms. The van der Waals surface area contributed by atoms with Crippen molar-refractivity contribution in [1.29, 1.82) is 0 Å². The summed E-state index contributed by atoms with van der Waals surface area (Å²) in [6.07, 6.45) is 22.8. The number of hydrogen-bond donors (Lipinski definition) is 0. The smallest absolute Gasteiger partial charge is 0.0841 e. The van der Waals surface area contributed by atoms with Crippen molar-refractivity contribution >= 4 is 0 Å². The van der Waals surface area contributed by atoms with Crippen LogP contribution in [0.1, 0.15) is 110 Å². The minimum atomic E-state index is 0.621. The first kappa shape index (κ1) is 19.2. The predicted molar refractivity (Wildman–Crippen MR) is 97.9 cm³/mol. The maximum Gasteiger partial charge on any atom is 0.0841 e. The fraction of sp³-hybridized carbons (Fsp3) is 1.00. The van der Waals surface area contributed by atoms with Crippen molar-refractivity contribution in [2.75, 3.05) is 0 Å². The van der Waals surface area contributed by atoms with Crippen molar-refractivity contribution in [3.8, 4) is 0 Å². The van der Waals surface area contributed by atoms with E-state index in [2.05, 4.69) is 13.8 Å². The zero-order valence-electron chi connectivity index (χ0n) is 15.7. The van der Waals surface area contributed by atoms with Crippen LogP contribution in [0.4, 0.5) is 0 Å². The largest absolute Gasteiger partial charge is 0.370 e. The van der Waals surface area contributed by atoms with Gasteiger partial charge in [-0.25, -0.2) is 0 Å². The van der Waals surface area contributed by atoms with Crippen LogP contribution in [-0.4, -0.2) is 24.4 Å². The Labute approximate surface area is 144 Å². The fourth-order valence-electron chi connectivity index (χ4n) is 3.79. The van der Waals surface area contributed by atoms with Crippen molar-refractivity contribution in [3.63, 3.8) is 0 Å². The van der Waals surface area contributed by atoms with Crippen LogP contribution in [0.3, 0.4) is 0 Å². The second-order valence-corrected chi connectivity index (χ2v) is 7.76. The lowest BCUT2D eigenvalue weighted by molar-refractivity contribution is 0.345. The number of hydrogen-bond acceptors (Lipinski definition) is 2. The Morgan fingerprint density at radius 1 is 0.435 bits per heavy atom. The van der Waals surface area contributed by atoms with Crippen molar-refractivity contribution in [3.05, 3.63) is 0 Å². The topological polar surface area (TPSA) is 25.1 Å². The van der Waals surface area contributed by atoms with Gasteiger partial charge in [0.2, 0.25) is 0 Å². The normalized spacial score (nSPS) is 29.0. The average Bonchev–Trinajstić information content (AvgIpc) is 3.45. The van der Waals surface area contributed by atoms with Gasteiger partial charge in [0.25, 0.3) is 0 Å². The Kier molecular flexibility index (Phi) is 9.60. The summed E-state index contributed by atoms with van der Waals surface area (Å²) in [5.41, 5.74) is 0. The minimum Gasteiger partial charge on any atom is -0.370 e. The molecule has 0 aromatic carbocycles. The third-order valence-electron chi connectivity index (χ3n) is 5.54. The van der Waals surface area contributed by atoms with E-state index in [9.17, 15) is 0 Å². The molecule has 4 atom stereocenters. The van der Waals surface area contributed by atoms with Gasteiger partial charge < -0.3 is 9.47 Å². The lowest BCUT2D eigenvalue weighted by Crippen LogP contribution is -1.95. The predicted octanol–water partition coefficient (Wildman–Crippen LogP) is 6.41. The molecule has 4 unspecified atom stereocenters. The van der Waals surface area contributed by atoms with E-state index in [-0.39, 0.29) is 0 Å². The van der Waals surface area contributed by atoms with Crippen molar-refractivity contribution in [2.24, 2.45) is 0 Å².